The van der Waals surface area contributed by atoms with Crippen molar-refractivity contribution in [3.8, 4) is 5.75 Å². The molecule has 5 nitrogen and oxygen atoms in total. The molecule has 0 aliphatic heterocycles. The second-order valence-corrected chi connectivity index (χ2v) is 9.51. The van der Waals surface area contributed by atoms with Crippen LogP contribution in [0.2, 0.25) is 0 Å². The van der Waals surface area contributed by atoms with Crippen LogP contribution in [0, 0.1) is 6.92 Å². The maximum atomic E-state index is 13.6. The van der Waals surface area contributed by atoms with E-state index in [1.165, 1.54) is 0 Å². The molecule has 0 saturated heterocycles. The third kappa shape index (κ3) is 6.13. The largest absolute Gasteiger partial charge is 0.483 e. The first-order chi connectivity index (χ1) is 17.5. The molecule has 2 amide bonds. The van der Waals surface area contributed by atoms with Gasteiger partial charge in [0.05, 0.1) is 4.47 Å². The summed E-state index contributed by atoms with van der Waals surface area (Å²) in [4.78, 5) is 28.3. The fraction of sp³-hybridized carbons (Fsp3) is 0.200. The zero-order valence-electron chi connectivity index (χ0n) is 20.4. The number of halogens is 1. The summed E-state index contributed by atoms with van der Waals surface area (Å²) in [5.41, 5.74) is 3.03. The Morgan fingerprint density at radius 1 is 0.917 bits per heavy atom. The van der Waals surface area contributed by atoms with Crippen LogP contribution in [0.15, 0.2) is 95.5 Å². The normalized spacial score (nSPS) is 11.6. The molecule has 1 N–H and O–H groups in total. The molecule has 0 unspecified atom stereocenters. The number of carbonyl (C=O) groups is 2. The minimum absolute atomic E-state index is 0.189. The van der Waals surface area contributed by atoms with E-state index >= 15 is 0 Å². The summed E-state index contributed by atoms with van der Waals surface area (Å²) in [7, 11) is 1.60. The predicted molar refractivity (Wildman–Crippen MR) is 147 cm³/mol. The van der Waals surface area contributed by atoms with Gasteiger partial charge in [-0.3, -0.25) is 9.59 Å². The van der Waals surface area contributed by atoms with E-state index in [-0.39, 0.29) is 18.4 Å². The summed E-state index contributed by atoms with van der Waals surface area (Å²) in [6.07, 6.45) is 0.401. The van der Waals surface area contributed by atoms with Gasteiger partial charge in [0.15, 0.2) is 6.61 Å². The maximum absolute atomic E-state index is 13.6. The molecule has 0 aromatic heterocycles. The minimum Gasteiger partial charge on any atom is -0.483 e. The van der Waals surface area contributed by atoms with E-state index in [1.54, 1.807) is 11.9 Å². The van der Waals surface area contributed by atoms with E-state index in [0.717, 1.165) is 31.9 Å². The van der Waals surface area contributed by atoms with Crippen LogP contribution in [-0.2, 0) is 22.6 Å². The standard InChI is InChI=1S/C30H29BrN2O3/c1-21-9-8-12-23(17-21)19-33(26(30(35)32-2)18-22-10-4-3-5-11-22)28(34)20-36-27-16-15-24-13-6-7-14-25(24)29(27)31/h3-17,26H,18-20H2,1-2H3,(H,32,35)/t26-/m0/s1. The molecule has 0 radical (unpaired) electrons. The Hall–Kier alpha value is -3.64. The average molecular weight is 545 g/mol. The second kappa shape index (κ2) is 11.9. The molecule has 4 aromatic carbocycles. The third-order valence-electron chi connectivity index (χ3n) is 6.13. The molecular formula is C30H29BrN2O3. The fourth-order valence-electron chi connectivity index (χ4n) is 4.28. The van der Waals surface area contributed by atoms with E-state index in [1.807, 2.05) is 97.9 Å². The van der Waals surface area contributed by atoms with Gasteiger partial charge >= 0.3 is 0 Å². The van der Waals surface area contributed by atoms with Crippen LogP contribution in [0.4, 0.5) is 0 Å². The average Bonchev–Trinajstić information content (AvgIpc) is 2.90. The first kappa shape index (κ1) is 25.5. The lowest BCUT2D eigenvalue weighted by Gasteiger charge is -2.31. The molecule has 184 valence electrons. The number of amides is 2. The number of nitrogens with one attached hydrogen (secondary N) is 1. The molecule has 0 fully saturated rings. The van der Waals surface area contributed by atoms with Crippen LogP contribution in [0.25, 0.3) is 10.8 Å². The Labute approximate surface area is 220 Å². The number of hydrogen-bond donors (Lipinski definition) is 1. The van der Waals surface area contributed by atoms with E-state index < -0.39 is 6.04 Å². The van der Waals surface area contributed by atoms with Crippen molar-refractivity contribution in [1.29, 1.82) is 0 Å². The topological polar surface area (TPSA) is 58.6 Å². The van der Waals surface area contributed by atoms with Crippen LogP contribution >= 0.6 is 15.9 Å². The number of rotatable bonds is 9. The zero-order valence-corrected chi connectivity index (χ0v) is 22.0. The van der Waals surface area contributed by atoms with E-state index in [2.05, 4.69) is 21.2 Å². The van der Waals surface area contributed by atoms with E-state index in [4.69, 9.17) is 4.74 Å². The van der Waals surface area contributed by atoms with Crippen LogP contribution in [0.3, 0.4) is 0 Å². The summed E-state index contributed by atoms with van der Waals surface area (Å²) in [5.74, 6) is 0.102. The summed E-state index contributed by atoms with van der Waals surface area (Å²) in [6, 6.07) is 28.8. The van der Waals surface area contributed by atoms with Gasteiger partial charge in [-0.2, -0.15) is 0 Å². The molecule has 0 saturated carbocycles. The second-order valence-electron chi connectivity index (χ2n) is 8.72. The first-order valence-corrected chi connectivity index (χ1v) is 12.7. The number of ether oxygens (including phenoxy) is 1. The van der Waals surface area contributed by atoms with Gasteiger partial charge in [0.2, 0.25) is 5.91 Å². The predicted octanol–water partition coefficient (Wildman–Crippen LogP) is 5.68. The van der Waals surface area contributed by atoms with Gasteiger partial charge in [0.25, 0.3) is 5.91 Å². The zero-order chi connectivity index (χ0) is 25.5. The third-order valence-corrected chi connectivity index (χ3v) is 6.95. The summed E-state index contributed by atoms with van der Waals surface area (Å²) in [5, 5.41) is 4.82. The van der Waals surface area contributed by atoms with Gasteiger partial charge in [-0.05, 0) is 50.8 Å². The highest BCUT2D eigenvalue weighted by atomic mass is 79.9. The van der Waals surface area contributed by atoms with Crippen molar-refractivity contribution in [1.82, 2.24) is 10.2 Å². The van der Waals surface area contributed by atoms with Crippen molar-refractivity contribution >= 4 is 38.5 Å². The summed E-state index contributed by atoms with van der Waals surface area (Å²) >= 11 is 3.62. The molecule has 4 rings (SSSR count). The molecule has 0 aliphatic rings. The van der Waals surface area contributed by atoms with E-state index in [9.17, 15) is 9.59 Å². The smallest absolute Gasteiger partial charge is 0.261 e. The molecule has 4 aromatic rings. The van der Waals surface area contributed by atoms with Gasteiger partial charge in [0.1, 0.15) is 11.8 Å². The minimum atomic E-state index is -0.686. The maximum Gasteiger partial charge on any atom is 0.261 e. The Morgan fingerprint density at radius 2 is 1.64 bits per heavy atom. The van der Waals surface area contributed by atoms with Crippen LogP contribution in [0.5, 0.6) is 5.75 Å². The van der Waals surface area contributed by atoms with Crippen LogP contribution in [-0.4, -0.2) is 36.4 Å². The Bertz CT molecular complexity index is 1360. The van der Waals surface area contributed by atoms with Crippen molar-refractivity contribution in [2.45, 2.75) is 25.9 Å². The Balaban J connectivity index is 1.62. The highest BCUT2D eigenvalue weighted by Crippen LogP contribution is 2.33. The molecule has 36 heavy (non-hydrogen) atoms. The number of nitrogens with zero attached hydrogens (tertiary/aromatic N) is 1. The SMILES string of the molecule is CNC(=O)[C@H](Cc1ccccc1)N(Cc1cccc(C)c1)C(=O)COc1ccc2ccccc2c1Br. The van der Waals surface area contributed by atoms with Crippen molar-refractivity contribution in [3.63, 3.8) is 0 Å². The molecule has 0 aliphatic carbocycles. The molecule has 0 spiro atoms. The van der Waals surface area contributed by atoms with Crippen LogP contribution in [0.1, 0.15) is 16.7 Å². The Morgan fingerprint density at radius 3 is 2.39 bits per heavy atom. The quantitative estimate of drug-likeness (QED) is 0.295. The lowest BCUT2D eigenvalue weighted by atomic mass is 10.0. The highest BCUT2D eigenvalue weighted by molar-refractivity contribution is 9.10. The number of hydrogen-bond acceptors (Lipinski definition) is 3. The summed E-state index contributed by atoms with van der Waals surface area (Å²) in [6.45, 7) is 2.12. The number of benzene rings is 4. The van der Waals surface area contributed by atoms with Crippen molar-refractivity contribution in [2.24, 2.45) is 0 Å². The number of fused-ring (bicyclic) bond motifs is 1. The van der Waals surface area contributed by atoms with Gasteiger partial charge in [-0.25, -0.2) is 0 Å². The molecule has 1 atom stereocenters. The van der Waals surface area contributed by atoms with Crippen molar-refractivity contribution < 1.29 is 14.3 Å². The van der Waals surface area contributed by atoms with E-state index in [0.29, 0.717) is 18.7 Å². The molecule has 0 bridgehead atoms. The van der Waals surface area contributed by atoms with Gasteiger partial charge in [-0.15, -0.1) is 0 Å². The monoisotopic (exact) mass is 544 g/mol. The van der Waals surface area contributed by atoms with Crippen LogP contribution < -0.4 is 10.1 Å². The number of aryl methyl sites for hydroxylation is 1. The lowest BCUT2D eigenvalue weighted by molar-refractivity contribution is -0.142. The molecule has 0 heterocycles. The van der Waals surface area contributed by atoms with Crippen molar-refractivity contribution in [3.05, 3.63) is 112 Å². The highest BCUT2D eigenvalue weighted by Gasteiger charge is 2.30. The molecule has 6 heteroatoms. The van der Waals surface area contributed by atoms with Gasteiger partial charge in [-0.1, -0.05) is 90.5 Å². The number of likely N-dealkylation sites (N-methyl/N-ethyl adjacent to an activating group) is 1. The van der Waals surface area contributed by atoms with Crippen molar-refractivity contribution in [2.75, 3.05) is 13.7 Å². The Kier molecular flexibility index (Phi) is 8.39. The van der Waals surface area contributed by atoms with Gasteiger partial charge < -0.3 is 15.0 Å². The molecular weight excluding hydrogens is 516 g/mol. The first-order valence-electron chi connectivity index (χ1n) is 11.9. The summed E-state index contributed by atoms with van der Waals surface area (Å²) < 4.78 is 6.79. The van der Waals surface area contributed by atoms with Gasteiger partial charge in [0, 0.05) is 20.0 Å². The fourth-order valence-corrected chi connectivity index (χ4v) is 4.88. The number of carbonyl (C=O) groups excluding carboxylic acids is 2. The lowest BCUT2D eigenvalue weighted by Crippen LogP contribution is -2.51.